The smallest absolute Gasteiger partial charge is 0.256 e. The number of benzene rings is 1. The number of piperazine rings is 1. The summed E-state index contributed by atoms with van der Waals surface area (Å²) >= 11 is 1.68. The van der Waals surface area contributed by atoms with Crippen LogP contribution >= 0.6 is 11.3 Å². The van der Waals surface area contributed by atoms with Crippen LogP contribution in [0.3, 0.4) is 0 Å². The summed E-state index contributed by atoms with van der Waals surface area (Å²) in [6.45, 7) is 10.8. The average molecular weight is 376 g/mol. The summed E-state index contributed by atoms with van der Waals surface area (Å²) in [6.07, 6.45) is 0. The summed E-state index contributed by atoms with van der Waals surface area (Å²) < 4.78 is 0. The number of carbonyl (C=O) groups excluding carboxylic acids is 1. The lowest BCUT2D eigenvalue weighted by molar-refractivity contribution is -1.02. The van der Waals surface area contributed by atoms with Crippen LogP contribution in [0.5, 0.6) is 0 Å². The number of thiophene rings is 1. The fourth-order valence-electron chi connectivity index (χ4n) is 3.54. The van der Waals surface area contributed by atoms with Gasteiger partial charge in [0.15, 0.2) is 0 Å². The number of amides is 1. The zero-order valence-electron chi connectivity index (χ0n) is 15.6. The lowest BCUT2D eigenvalue weighted by atomic mass is 10.1. The molecule has 0 saturated carbocycles. The molecule has 0 radical (unpaired) electrons. The lowest BCUT2D eigenvalue weighted by Gasteiger charge is -2.29. The number of aryl methyl sites for hydroxylation is 1. The van der Waals surface area contributed by atoms with Gasteiger partial charge in [-0.25, -0.2) is 0 Å². The molecule has 26 heavy (non-hydrogen) atoms. The summed E-state index contributed by atoms with van der Waals surface area (Å²) in [5, 5.41) is 13.2. The lowest BCUT2D eigenvalue weighted by Crippen LogP contribution is -3.27. The molecular formula is C20H29N3O2S+2. The molecule has 2 heterocycles. The predicted octanol–water partition coefficient (Wildman–Crippen LogP) is -0.107. The molecule has 1 saturated heterocycles. The van der Waals surface area contributed by atoms with E-state index in [1.54, 1.807) is 16.2 Å². The summed E-state index contributed by atoms with van der Waals surface area (Å²) in [4.78, 5) is 16.9. The summed E-state index contributed by atoms with van der Waals surface area (Å²) in [7, 11) is 0. The number of hydrogen-bond donors (Lipinski definition) is 4. The second-order valence-corrected chi connectivity index (χ2v) is 8.29. The molecule has 2 aromatic rings. The Labute approximate surface area is 159 Å². The number of hydrogen-bond acceptors (Lipinski definition) is 3. The molecular weight excluding hydrogens is 346 g/mol. The quantitative estimate of drug-likeness (QED) is 0.570. The fraction of sp³-hybridized carbons (Fsp3) is 0.450. The average Bonchev–Trinajstić information content (AvgIpc) is 2.91. The maximum Gasteiger partial charge on any atom is 0.256 e. The number of aliphatic hydroxyl groups excluding tert-OH is 1. The SMILES string of the molecule is Cc1sc(NC(=O)c2ccccc2)c(C[NH+]2CC[NH+](CCO)CC2)c1C. The first-order valence-corrected chi connectivity index (χ1v) is 10.1. The van der Waals surface area contributed by atoms with Gasteiger partial charge >= 0.3 is 0 Å². The predicted molar refractivity (Wildman–Crippen MR) is 105 cm³/mol. The molecule has 6 heteroatoms. The van der Waals surface area contributed by atoms with Crippen molar-refractivity contribution in [3.05, 3.63) is 51.9 Å². The van der Waals surface area contributed by atoms with E-state index >= 15 is 0 Å². The van der Waals surface area contributed by atoms with E-state index in [1.807, 2.05) is 30.3 Å². The van der Waals surface area contributed by atoms with Gasteiger partial charge in [0.25, 0.3) is 5.91 Å². The molecule has 1 aliphatic rings. The molecule has 1 fully saturated rings. The van der Waals surface area contributed by atoms with Crippen molar-refractivity contribution in [2.45, 2.75) is 20.4 Å². The third-order valence-corrected chi connectivity index (χ3v) is 6.49. The maximum absolute atomic E-state index is 12.6. The van der Waals surface area contributed by atoms with Crippen LogP contribution in [0.2, 0.25) is 0 Å². The van der Waals surface area contributed by atoms with Crippen LogP contribution in [0.25, 0.3) is 0 Å². The van der Waals surface area contributed by atoms with Crippen molar-refractivity contribution in [2.75, 3.05) is 44.6 Å². The largest absolute Gasteiger partial charge is 0.391 e. The van der Waals surface area contributed by atoms with E-state index in [1.165, 1.54) is 20.9 Å². The summed E-state index contributed by atoms with van der Waals surface area (Å²) in [6, 6.07) is 9.38. The first kappa shape index (κ1) is 19.0. The highest BCUT2D eigenvalue weighted by Crippen LogP contribution is 2.32. The molecule has 0 bridgehead atoms. The first-order valence-electron chi connectivity index (χ1n) is 9.31. The summed E-state index contributed by atoms with van der Waals surface area (Å²) in [5.74, 6) is -0.0414. The van der Waals surface area contributed by atoms with Crippen LogP contribution in [0.4, 0.5) is 5.00 Å². The fourth-order valence-corrected chi connectivity index (χ4v) is 4.62. The van der Waals surface area contributed by atoms with Crippen LogP contribution in [-0.4, -0.2) is 50.3 Å². The molecule has 0 spiro atoms. The van der Waals surface area contributed by atoms with Gasteiger partial charge in [0.2, 0.25) is 0 Å². The minimum atomic E-state index is -0.0414. The third-order valence-electron chi connectivity index (χ3n) is 5.33. The number of aliphatic hydroxyl groups is 1. The van der Waals surface area contributed by atoms with Crippen molar-refractivity contribution in [3.63, 3.8) is 0 Å². The normalized spacial score (nSPS) is 20.1. The van der Waals surface area contributed by atoms with Gasteiger partial charge in [-0.05, 0) is 31.5 Å². The highest BCUT2D eigenvalue weighted by Gasteiger charge is 2.25. The van der Waals surface area contributed by atoms with E-state index < -0.39 is 0 Å². The van der Waals surface area contributed by atoms with Crippen molar-refractivity contribution in [3.8, 4) is 0 Å². The van der Waals surface area contributed by atoms with Gasteiger partial charge in [-0.15, -0.1) is 11.3 Å². The number of anilines is 1. The first-order chi connectivity index (χ1) is 12.6. The Kier molecular flexibility index (Phi) is 6.43. The molecule has 140 valence electrons. The summed E-state index contributed by atoms with van der Waals surface area (Å²) in [5.41, 5.74) is 3.27. The Morgan fingerprint density at radius 3 is 2.42 bits per heavy atom. The zero-order chi connectivity index (χ0) is 18.5. The van der Waals surface area contributed by atoms with Crippen LogP contribution < -0.4 is 15.1 Å². The molecule has 1 aliphatic heterocycles. The number of carbonyl (C=O) groups is 1. The van der Waals surface area contributed by atoms with E-state index in [0.29, 0.717) is 5.56 Å². The van der Waals surface area contributed by atoms with Gasteiger partial charge in [0, 0.05) is 16.0 Å². The second-order valence-electron chi connectivity index (χ2n) is 7.06. The Morgan fingerprint density at radius 1 is 1.12 bits per heavy atom. The number of rotatable bonds is 6. The van der Waals surface area contributed by atoms with Crippen molar-refractivity contribution < 1.29 is 19.7 Å². The minimum absolute atomic E-state index is 0.0414. The van der Waals surface area contributed by atoms with Gasteiger partial charge in [0.05, 0.1) is 6.61 Å². The number of quaternary nitrogens is 2. The van der Waals surface area contributed by atoms with Gasteiger partial charge in [-0.3, -0.25) is 4.79 Å². The monoisotopic (exact) mass is 375 g/mol. The highest BCUT2D eigenvalue weighted by molar-refractivity contribution is 7.16. The van der Waals surface area contributed by atoms with E-state index in [4.69, 9.17) is 5.11 Å². The van der Waals surface area contributed by atoms with Crippen LogP contribution in [0.15, 0.2) is 30.3 Å². The Balaban J connectivity index is 1.69. The van der Waals surface area contributed by atoms with E-state index in [-0.39, 0.29) is 12.5 Å². The van der Waals surface area contributed by atoms with Crippen molar-refractivity contribution in [1.29, 1.82) is 0 Å². The van der Waals surface area contributed by atoms with E-state index in [9.17, 15) is 4.79 Å². The van der Waals surface area contributed by atoms with Gasteiger partial charge in [-0.2, -0.15) is 0 Å². The van der Waals surface area contributed by atoms with E-state index in [0.717, 1.165) is 44.3 Å². The molecule has 1 aromatic heterocycles. The van der Waals surface area contributed by atoms with Gasteiger partial charge in [0.1, 0.15) is 44.3 Å². The molecule has 0 atom stereocenters. The van der Waals surface area contributed by atoms with Crippen LogP contribution in [0, 0.1) is 13.8 Å². The molecule has 0 unspecified atom stereocenters. The number of nitrogens with one attached hydrogen (secondary N) is 3. The van der Waals surface area contributed by atoms with Gasteiger partial charge < -0.3 is 20.2 Å². The Bertz CT molecular complexity index is 737. The minimum Gasteiger partial charge on any atom is -0.391 e. The zero-order valence-corrected chi connectivity index (χ0v) is 16.4. The second kappa shape index (κ2) is 8.77. The third kappa shape index (κ3) is 4.51. The molecule has 4 N–H and O–H groups in total. The molecule has 3 rings (SSSR count). The maximum atomic E-state index is 12.6. The van der Waals surface area contributed by atoms with Crippen molar-refractivity contribution >= 4 is 22.2 Å². The molecule has 1 amide bonds. The topological polar surface area (TPSA) is 58.2 Å². The molecule has 5 nitrogen and oxygen atoms in total. The van der Waals surface area contributed by atoms with E-state index in [2.05, 4.69) is 19.2 Å². The van der Waals surface area contributed by atoms with Crippen LogP contribution in [0.1, 0.15) is 26.4 Å². The highest BCUT2D eigenvalue weighted by atomic mass is 32.1. The van der Waals surface area contributed by atoms with Crippen molar-refractivity contribution in [1.82, 2.24) is 0 Å². The van der Waals surface area contributed by atoms with Gasteiger partial charge in [-0.1, -0.05) is 18.2 Å². The Morgan fingerprint density at radius 2 is 1.77 bits per heavy atom. The van der Waals surface area contributed by atoms with Crippen molar-refractivity contribution in [2.24, 2.45) is 0 Å². The molecule has 0 aliphatic carbocycles. The standard InChI is InChI=1S/C20H27N3O2S/c1-15-16(2)26-20(21-19(25)17-6-4-3-5-7-17)18(15)14-23-10-8-22(9-11-23)12-13-24/h3-7,24H,8-14H2,1-2H3,(H,21,25)/p+2. The molecule has 1 aromatic carbocycles. The Hall–Kier alpha value is -1.73. The van der Waals surface area contributed by atoms with Crippen LogP contribution in [-0.2, 0) is 6.54 Å².